The SMILES string of the molecule is CC(c1ccncc1)C(O)CC1CC2CCC1C2. The summed E-state index contributed by atoms with van der Waals surface area (Å²) in [6.45, 7) is 2.13. The molecule has 1 heterocycles. The Morgan fingerprint density at radius 3 is 2.67 bits per heavy atom. The maximum absolute atomic E-state index is 10.4. The number of aromatic nitrogens is 1. The van der Waals surface area contributed by atoms with Crippen LogP contribution in [0.15, 0.2) is 24.5 Å². The van der Waals surface area contributed by atoms with Gasteiger partial charge in [0.1, 0.15) is 0 Å². The second-order valence-corrected chi connectivity index (χ2v) is 6.31. The van der Waals surface area contributed by atoms with Crippen LogP contribution in [0, 0.1) is 17.8 Å². The predicted molar refractivity (Wildman–Crippen MR) is 72.2 cm³/mol. The van der Waals surface area contributed by atoms with E-state index in [1.54, 1.807) is 0 Å². The van der Waals surface area contributed by atoms with Crippen molar-refractivity contribution in [1.29, 1.82) is 0 Å². The summed E-state index contributed by atoms with van der Waals surface area (Å²) in [5.74, 6) is 2.90. The summed E-state index contributed by atoms with van der Waals surface area (Å²) in [4.78, 5) is 4.04. The van der Waals surface area contributed by atoms with Crippen LogP contribution in [-0.2, 0) is 0 Å². The number of aliphatic hydroxyl groups is 1. The van der Waals surface area contributed by atoms with Crippen molar-refractivity contribution in [1.82, 2.24) is 4.98 Å². The van der Waals surface area contributed by atoms with E-state index >= 15 is 0 Å². The molecule has 5 atom stereocenters. The maximum Gasteiger partial charge on any atom is 0.0608 e. The lowest BCUT2D eigenvalue weighted by Gasteiger charge is -2.27. The van der Waals surface area contributed by atoms with Crippen LogP contribution >= 0.6 is 0 Å². The molecule has 2 nitrogen and oxygen atoms in total. The molecule has 2 aliphatic carbocycles. The fourth-order valence-electron chi connectivity index (χ4n) is 4.07. The third-order valence-electron chi connectivity index (χ3n) is 5.24. The van der Waals surface area contributed by atoms with Crippen molar-refractivity contribution in [3.8, 4) is 0 Å². The Kier molecular flexibility index (Phi) is 3.38. The van der Waals surface area contributed by atoms with Crippen LogP contribution in [0.2, 0.25) is 0 Å². The van der Waals surface area contributed by atoms with E-state index < -0.39 is 0 Å². The van der Waals surface area contributed by atoms with E-state index in [0.29, 0.717) is 0 Å². The molecule has 2 fully saturated rings. The van der Waals surface area contributed by atoms with Gasteiger partial charge in [-0.1, -0.05) is 13.3 Å². The second kappa shape index (κ2) is 5.00. The summed E-state index contributed by atoms with van der Waals surface area (Å²) < 4.78 is 0. The van der Waals surface area contributed by atoms with Crippen LogP contribution in [0.4, 0.5) is 0 Å². The standard InChI is InChI=1S/C16H23NO/c1-11(13-4-6-17-7-5-13)16(18)10-15-9-12-2-3-14(15)8-12/h4-7,11-12,14-16,18H,2-3,8-10H2,1H3. The lowest BCUT2D eigenvalue weighted by molar-refractivity contribution is 0.104. The average Bonchev–Trinajstić information content (AvgIpc) is 3.01. The van der Waals surface area contributed by atoms with Gasteiger partial charge in [-0.15, -0.1) is 0 Å². The zero-order chi connectivity index (χ0) is 12.5. The van der Waals surface area contributed by atoms with Crippen LogP contribution < -0.4 is 0 Å². The monoisotopic (exact) mass is 245 g/mol. The Morgan fingerprint density at radius 2 is 2.06 bits per heavy atom. The minimum absolute atomic E-state index is 0.197. The van der Waals surface area contributed by atoms with E-state index in [4.69, 9.17) is 0 Å². The van der Waals surface area contributed by atoms with E-state index in [1.807, 2.05) is 24.5 Å². The molecule has 0 aliphatic heterocycles. The second-order valence-electron chi connectivity index (χ2n) is 6.31. The van der Waals surface area contributed by atoms with Crippen LogP contribution in [0.1, 0.15) is 50.5 Å². The molecule has 2 aliphatic rings. The zero-order valence-corrected chi connectivity index (χ0v) is 11.1. The number of hydrogen-bond donors (Lipinski definition) is 1. The van der Waals surface area contributed by atoms with Gasteiger partial charge in [0.25, 0.3) is 0 Å². The number of fused-ring (bicyclic) bond motifs is 2. The van der Waals surface area contributed by atoms with Crippen LogP contribution in [0.3, 0.4) is 0 Å². The first-order valence-corrected chi connectivity index (χ1v) is 7.32. The normalized spacial score (nSPS) is 33.6. The van der Waals surface area contributed by atoms with Gasteiger partial charge in [-0.3, -0.25) is 4.98 Å². The Morgan fingerprint density at radius 1 is 1.28 bits per heavy atom. The van der Waals surface area contributed by atoms with Gasteiger partial charge in [0, 0.05) is 18.3 Å². The van der Waals surface area contributed by atoms with Crippen molar-refractivity contribution in [2.45, 2.75) is 51.0 Å². The van der Waals surface area contributed by atoms with Gasteiger partial charge in [-0.25, -0.2) is 0 Å². The van der Waals surface area contributed by atoms with Gasteiger partial charge in [-0.05, 0) is 61.1 Å². The summed E-state index contributed by atoms with van der Waals surface area (Å²) >= 11 is 0. The molecule has 2 bridgehead atoms. The summed E-state index contributed by atoms with van der Waals surface area (Å²) in [7, 11) is 0. The summed E-state index contributed by atoms with van der Waals surface area (Å²) in [6.07, 6.45) is 10.1. The lowest BCUT2D eigenvalue weighted by atomic mass is 9.81. The van der Waals surface area contributed by atoms with Gasteiger partial charge >= 0.3 is 0 Å². The number of hydrogen-bond acceptors (Lipinski definition) is 2. The highest BCUT2D eigenvalue weighted by atomic mass is 16.3. The molecule has 18 heavy (non-hydrogen) atoms. The van der Waals surface area contributed by atoms with Crippen LogP contribution in [0.25, 0.3) is 0 Å². The molecule has 0 spiro atoms. The molecule has 5 unspecified atom stereocenters. The Bertz CT molecular complexity index is 391. The molecule has 3 rings (SSSR count). The fourth-order valence-corrected chi connectivity index (χ4v) is 4.07. The van der Waals surface area contributed by atoms with Gasteiger partial charge in [0.2, 0.25) is 0 Å². The quantitative estimate of drug-likeness (QED) is 0.882. The van der Waals surface area contributed by atoms with E-state index in [9.17, 15) is 5.11 Å². The number of aliphatic hydroxyl groups excluding tert-OH is 1. The highest BCUT2D eigenvalue weighted by Crippen LogP contribution is 2.50. The van der Waals surface area contributed by atoms with Crippen molar-refractivity contribution in [3.63, 3.8) is 0 Å². The molecular formula is C16H23NO. The molecule has 0 amide bonds. The van der Waals surface area contributed by atoms with Crippen molar-refractivity contribution in [2.24, 2.45) is 17.8 Å². The van der Waals surface area contributed by atoms with E-state index in [1.165, 1.54) is 31.2 Å². The molecule has 0 aromatic carbocycles. The van der Waals surface area contributed by atoms with Crippen molar-refractivity contribution in [2.75, 3.05) is 0 Å². The van der Waals surface area contributed by atoms with Gasteiger partial charge in [-0.2, -0.15) is 0 Å². The maximum atomic E-state index is 10.4. The highest BCUT2D eigenvalue weighted by molar-refractivity contribution is 5.16. The van der Waals surface area contributed by atoms with Gasteiger partial charge in [0.15, 0.2) is 0 Å². The first-order chi connectivity index (χ1) is 8.74. The van der Waals surface area contributed by atoms with Crippen molar-refractivity contribution < 1.29 is 5.11 Å². The van der Waals surface area contributed by atoms with Crippen molar-refractivity contribution in [3.05, 3.63) is 30.1 Å². The molecule has 2 saturated carbocycles. The number of pyridine rings is 1. The molecule has 0 saturated heterocycles. The molecule has 1 aromatic rings. The molecule has 2 heteroatoms. The molecular weight excluding hydrogens is 222 g/mol. The van der Waals surface area contributed by atoms with E-state index in [0.717, 1.165) is 24.2 Å². The topological polar surface area (TPSA) is 33.1 Å². The van der Waals surface area contributed by atoms with Crippen LogP contribution in [0.5, 0.6) is 0 Å². The molecule has 1 aromatic heterocycles. The third kappa shape index (κ3) is 2.31. The first kappa shape index (κ1) is 12.2. The fraction of sp³-hybridized carbons (Fsp3) is 0.688. The van der Waals surface area contributed by atoms with E-state index in [-0.39, 0.29) is 12.0 Å². The Hall–Kier alpha value is -0.890. The summed E-state index contributed by atoms with van der Waals surface area (Å²) in [5, 5.41) is 10.4. The van der Waals surface area contributed by atoms with Crippen molar-refractivity contribution >= 4 is 0 Å². The number of nitrogens with zero attached hydrogens (tertiary/aromatic N) is 1. The van der Waals surface area contributed by atoms with Gasteiger partial charge < -0.3 is 5.11 Å². The minimum Gasteiger partial charge on any atom is -0.392 e. The smallest absolute Gasteiger partial charge is 0.0608 e. The lowest BCUT2D eigenvalue weighted by Crippen LogP contribution is -2.23. The largest absolute Gasteiger partial charge is 0.392 e. The Labute approximate surface area is 109 Å². The highest BCUT2D eigenvalue weighted by Gasteiger charge is 2.40. The number of rotatable bonds is 4. The minimum atomic E-state index is -0.197. The molecule has 98 valence electrons. The van der Waals surface area contributed by atoms with Gasteiger partial charge in [0.05, 0.1) is 6.10 Å². The average molecular weight is 245 g/mol. The third-order valence-corrected chi connectivity index (χ3v) is 5.24. The molecule has 0 radical (unpaired) electrons. The summed E-state index contributed by atoms with van der Waals surface area (Å²) in [6, 6.07) is 4.05. The molecule has 1 N–H and O–H groups in total. The first-order valence-electron chi connectivity index (χ1n) is 7.32. The zero-order valence-electron chi connectivity index (χ0n) is 11.1. The predicted octanol–water partition coefficient (Wildman–Crippen LogP) is 3.37. The Balaban J connectivity index is 1.60. The summed E-state index contributed by atoms with van der Waals surface area (Å²) in [5.41, 5.74) is 1.21. The van der Waals surface area contributed by atoms with Crippen LogP contribution in [-0.4, -0.2) is 16.2 Å². The van der Waals surface area contributed by atoms with E-state index in [2.05, 4.69) is 11.9 Å².